The lowest BCUT2D eigenvalue weighted by Crippen LogP contribution is -2.53. The molecule has 6 saturated carbocycles. The van der Waals surface area contributed by atoms with Crippen molar-refractivity contribution in [1.29, 1.82) is 0 Å². The second-order valence-electron chi connectivity index (χ2n) is 17.7. The third kappa shape index (κ3) is 10.3. The molecule has 270 valence electrons. The van der Waals surface area contributed by atoms with Crippen molar-refractivity contribution in [2.45, 2.75) is 223 Å². The summed E-state index contributed by atoms with van der Waals surface area (Å²) in [5, 5.41) is 0. The molecule has 6 fully saturated rings. The van der Waals surface area contributed by atoms with E-state index in [2.05, 4.69) is 23.3 Å². The minimum Gasteiger partial charge on any atom is -0.294 e. The Morgan fingerprint density at radius 3 is 1.34 bits per heavy atom. The third-order valence-corrected chi connectivity index (χ3v) is 14.7. The molecule has 4 heteroatoms. The highest BCUT2D eigenvalue weighted by Gasteiger charge is 2.41. The lowest BCUT2D eigenvalue weighted by molar-refractivity contribution is -0.286. The van der Waals surface area contributed by atoms with E-state index < -0.39 is 0 Å². The molecule has 0 saturated heterocycles. The lowest BCUT2D eigenvalue weighted by atomic mass is 9.70. The van der Waals surface area contributed by atoms with Crippen molar-refractivity contribution in [2.24, 2.45) is 23.7 Å². The first-order chi connectivity index (χ1) is 23.2. The molecule has 0 aromatic carbocycles. The van der Waals surface area contributed by atoms with Gasteiger partial charge in [-0.15, -0.1) is 6.58 Å². The van der Waals surface area contributed by atoms with Crippen LogP contribution < -0.4 is 0 Å². The summed E-state index contributed by atoms with van der Waals surface area (Å²) in [6.45, 7) is 7.41. The average Bonchev–Trinajstić information content (AvgIpc) is 3.13. The summed E-state index contributed by atoms with van der Waals surface area (Å²) in [4.78, 5) is 16.9. The predicted molar refractivity (Wildman–Crippen MR) is 197 cm³/mol. The highest BCUT2D eigenvalue weighted by atomic mass is 17.2. The van der Waals surface area contributed by atoms with Gasteiger partial charge in [0.1, 0.15) is 6.61 Å². The second kappa shape index (κ2) is 19.3. The van der Waals surface area contributed by atoms with E-state index in [4.69, 9.17) is 9.78 Å². The minimum atomic E-state index is 0.490. The molecule has 0 unspecified atom stereocenters. The normalized spacial score (nSPS) is 36.9. The Labute approximate surface area is 291 Å². The van der Waals surface area contributed by atoms with Crippen LogP contribution in [0.3, 0.4) is 0 Å². The van der Waals surface area contributed by atoms with Crippen molar-refractivity contribution in [3.63, 3.8) is 0 Å². The van der Waals surface area contributed by atoms with Crippen molar-refractivity contribution < 1.29 is 9.78 Å². The van der Waals surface area contributed by atoms with Crippen molar-refractivity contribution in [3.05, 3.63) is 12.7 Å². The van der Waals surface area contributed by atoms with E-state index in [0.717, 1.165) is 73.0 Å². The van der Waals surface area contributed by atoms with Gasteiger partial charge in [-0.05, 0) is 165 Å². The van der Waals surface area contributed by atoms with Crippen molar-refractivity contribution in [2.75, 3.05) is 13.2 Å². The molecular formula is C43H76N2O2. The van der Waals surface area contributed by atoms with E-state index in [1.807, 2.05) is 0 Å². The zero-order chi connectivity index (χ0) is 32.3. The molecule has 0 aromatic rings. The topological polar surface area (TPSA) is 24.9 Å². The number of hydrogen-bond acceptors (Lipinski definition) is 4. The van der Waals surface area contributed by atoms with Gasteiger partial charge in [-0.3, -0.25) is 9.80 Å². The van der Waals surface area contributed by atoms with Gasteiger partial charge in [0, 0.05) is 36.3 Å². The molecule has 47 heavy (non-hydrogen) atoms. The molecule has 0 atom stereocenters. The summed E-state index contributed by atoms with van der Waals surface area (Å²) in [6, 6.07) is 5.33. The van der Waals surface area contributed by atoms with Gasteiger partial charge in [0.25, 0.3) is 0 Å². The van der Waals surface area contributed by atoms with Gasteiger partial charge in [0.2, 0.25) is 0 Å². The highest BCUT2D eigenvalue weighted by molar-refractivity contribution is 4.95. The van der Waals surface area contributed by atoms with Crippen LogP contribution in [0, 0.1) is 23.7 Å². The van der Waals surface area contributed by atoms with Crippen LogP contribution in [0.1, 0.15) is 187 Å². The first kappa shape index (κ1) is 36.4. The fraction of sp³-hybridized carbons (Fsp3) is 0.953. The van der Waals surface area contributed by atoms with E-state index in [1.165, 1.54) is 173 Å². The quantitative estimate of drug-likeness (QED) is 0.0807. The molecule has 6 aliphatic carbocycles. The predicted octanol–water partition coefficient (Wildman–Crippen LogP) is 11.4. The van der Waals surface area contributed by atoms with Crippen LogP contribution in [0.4, 0.5) is 0 Å². The van der Waals surface area contributed by atoms with E-state index in [0.29, 0.717) is 6.61 Å². The molecule has 0 aliphatic heterocycles. The van der Waals surface area contributed by atoms with Gasteiger partial charge in [-0.1, -0.05) is 51.5 Å². The Hall–Kier alpha value is -0.420. The van der Waals surface area contributed by atoms with Crippen LogP contribution in [-0.4, -0.2) is 59.3 Å². The highest BCUT2D eigenvalue weighted by Crippen LogP contribution is 2.45. The van der Waals surface area contributed by atoms with Gasteiger partial charge in [0.15, 0.2) is 0 Å². The summed E-state index contributed by atoms with van der Waals surface area (Å²) in [7, 11) is 0. The smallest absolute Gasteiger partial charge is 0.100 e. The Morgan fingerprint density at radius 2 is 0.894 bits per heavy atom. The molecule has 0 bridgehead atoms. The van der Waals surface area contributed by atoms with Gasteiger partial charge in [-0.2, -0.15) is 0 Å². The van der Waals surface area contributed by atoms with E-state index in [1.54, 1.807) is 6.08 Å². The Kier molecular flexibility index (Phi) is 14.9. The van der Waals surface area contributed by atoms with Crippen LogP contribution >= 0.6 is 0 Å². The number of hydrogen-bond donors (Lipinski definition) is 0. The Morgan fingerprint density at radius 1 is 0.489 bits per heavy atom. The van der Waals surface area contributed by atoms with Gasteiger partial charge >= 0.3 is 0 Å². The van der Waals surface area contributed by atoms with Crippen LogP contribution in [0.5, 0.6) is 0 Å². The molecule has 6 aliphatic rings. The number of nitrogens with zero attached hydrogens (tertiary/aromatic N) is 2. The van der Waals surface area contributed by atoms with Crippen LogP contribution in [-0.2, 0) is 9.78 Å². The standard InChI is InChI=1S/C43H76N2O2/c1-3-32-46-47-33-10-11-35-18-26-41(27-19-35)45(39-14-8-5-9-15-39)43-30-22-37(23-31-43)36-20-28-42(29-21-36)44(38-12-6-4-7-13-38)40-24-16-34(2)17-25-40/h3,34-43H,1,4-33H2,2H3. The summed E-state index contributed by atoms with van der Waals surface area (Å²) < 4.78 is 0. The van der Waals surface area contributed by atoms with Gasteiger partial charge < -0.3 is 0 Å². The average molecular weight is 653 g/mol. The molecule has 0 heterocycles. The zero-order valence-electron chi connectivity index (χ0n) is 31.0. The van der Waals surface area contributed by atoms with E-state index in [-0.39, 0.29) is 0 Å². The van der Waals surface area contributed by atoms with Crippen LogP contribution in [0.15, 0.2) is 12.7 Å². The largest absolute Gasteiger partial charge is 0.294 e. The molecular weight excluding hydrogens is 576 g/mol. The summed E-state index contributed by atoms with van der Waals surface area (Å²) in [6.07, 6.45) is 42.8. The van der Waals surface area contributed by atoms with Gasteiger partial charge in [-0.25, -0.2) is 9.78 Å². The first-order valence-corrected chi connectivity index (χ1v) is 21.6. The van der Waals surface area contributed by atoms with Gasteiger partial charge in [0.05, 0.1) is 6.61 Å². The molecule has 0 N–H and O–H groups in total. The molecule has 0 radical (unpaired) electrons. The number of rotatable bonds is 14. The van der Waals surface area contributed by atoms with Crippen molar-refractivity contribution in [1.82, 2.24) is 9.80 Å². The fourth-order valence-corrected chi connectivity index (χ4v) is 12.1. The summed E-state index contributed by atoms with van der Waals surface area (Å²) in [5.74, 6) is 3.90. The Balaban J connectivity index is 0.975. The molecule has 0 aromatic heterocycles. The SMILES string of the molecule is C=CCOOCCCC1CCC(N(C2CCCCC2)C2CCC(C3CCC(N(C4CCCCC4)C4CCC(C)CC4)CC3)CC2)CC1. The van der Waals surface area contributed by atoms with Crippen molar-refractivity contribution in [3.8, 4) is 0 Å². The fourth-order valence-electron chi connectivity index (χ4n) is 12.1. The van der Waals surface area contributed by atoms with Crippen LogP contribution in [0.25, 0.3) is 0 Å². The molecule has 0 spiro atoms. The zero-order valence-corrected chi connectivity index (χ0v) is 31.0. The van der Waals surface area contributed by atoms with E-state index in [9.17, 15) is 0 Å². The summed E-state index contributed by atoms with van der Waals surface area (Å²) in [5.41, 5.74) is 0. The third-order valence-electron chi connectivity index (χ3n) is 14.7. The Bertz CT molecular complexity index is 851. The lowest BCUT2D eigenvalue weighted by Gasteiger charge is -2.51. The van der Waals surface area contributed by atoms with Crippen LogP contribution in [0.2, 0.25) is 0 Å². The first-order valence-electron chi connectivity index (χ1n) is 21.6. The summed E-state index contributed by atoms with van der Waals surface area (Å²) >= 11 is 0. The maximum atomic E-state index is 5.32. The minimum absolute atomic E-state index is 0.490. The maximum Gasteiger partial charge on any atom is 0.100 e. The molecule has 0 amide bonds. The molecule has 4 nitrogen and oxygen atoms in total. The van der Waals surface area contributed by atoms with Crippen molar-refractivity contribution >= 4 is 0 Å². The maximum absolute atomic E-state index is 5.32. The van der Waals surface area contributed by atoms with E-state index >= 15 is 0 Å². The monoisotopic (exact) mass is 653 g/mol. The molecule has 6 rings (SSSR count). The second-order valence-corrected chi connectivity index (χ2v) is 17.7.